The van der Waals surface area contributed by atoms with E-state index < -0.39 is 10.0 Å². The molecule has 1 N–H and O–H groups in total. The van der Waals surface area contributed by atoms with E-state index in [1.165, 1.54) is 16.7 Å². The number of hydrogen-bond acceptors (Lipinski definition) is 6. The number of anilines is 1. The highest BCUT2D eigenvalue weighted by molar-refractivity contribution is 7.89. The minimum atomic E-state index is -3.51. The average molecular weight is 286 g/mol. The highest BCUT2D eigenvalue weighted by Crippen LogP contribution is 2.21. The molecule has 1 aromatic heterocycles. The molecule has 1 aromatic rings. The van der Waals surface area contributed by atoms with Crippen LogP contribution in [0.1, 0.15) is 13.3 Å². The van der Waals surface area contributed by atoms with Crippen molar-refractivity contribution in [1.29, 1.82) is 0 Å². The van der Waals surface area contributed by atoms with Crippen LogP contribution >= 0.6 is 0 Å². The molecular weight excluding hydrogens is 268 g/mol. The number of nitrogens with zero attached hydrogens (tertiary/aromatic N) is 3. The van der Waals surface area contributed by atoms with Crippen molar-refractivity contribution in [3.63, 3.8) is 0 Å². The van der Waals surface area contributed by atoms with Gasteiger partial charge in [0, 0.05) is 26.7 Å². The summed E-state index contributed by atoms with van der Waals surface area (Å²) in [5.41, 5.74) is 0. The quantitative estimate of drug-likeness (QED) is 0.839. The monoisotopic (exact) mass is 286 g/mol. The zero-order valence-corrected chi connectivity index (χ0v) is 11.9. The van der Waals surface area contributed by atoms with Gasteiger partial charge in [0.05, 0.1) is 18.5 Å². The van der Waals surface area contributed by atoms with Crippen LogP contribution in [-0.4, -0.2) is 55.5 Å². The van der Waals surface area contributed by atoms with E-state index in [-0.39, 0.29) is 11.0 Å². The van der Waals surface area contributed by atoms with E-state index >= 15 is 0 Å². The third-order valence-corrected chi connectivity index (χ3v) is 4.86. The standard InChI is InChI=1S/C11H18N4O3S/c1-3-12-11-13-6-10(7-14-11)19(16,17)15-5-4-9(8-15)18-2/h6-7,9H,3-5,8H2,1-2H3,(H,12,13,14). The summed E-state index contributed by atoms with van der Waals surface area (Å²) in [6.45, 7) is 3.46. The second-order valence-corrected chi connectivity index (χ2v) is 6.22. The highest BCUT2D eigenvalue weighted by atomic mass is 32.2. The van der Waals surface area contributed by atoms with Gasteiger partial charge >= 0.3 is 0 Å². The predicted molar refractivity (Wildman–Crippen MR) is 70.4 cm³/mol. The van der Waals surface area contributed by atoms with E-state index in [9.17, 15) is 8.42 Å². The Hall–Kier alpha value is -1.25. The average Bonchev–Trinajstić information content (AvgIpc) is 2.89. The summed E-state index contributed by atoms with van der Waals surface area (Å²) in [7, 11) is -1.92. The smallest absolute Gasteiger partial charge is 0.246 e. The molecule has 0 spiro atoms. The van der Waals surface area contributed by atoms with E-state index in [0.29, 0.717) is 32.0 Å². The van der Waals surface area contributed by atoms with Crippen molar-refractivity contribution in [2.45, 2.75) is 24.3 Å². The fraction of sp³-hybridized carbons (Fsp3) is 0.636. The van der Waals surface area contributed by atoms with Gasteiger partial charge < -0.3 is 10.1 Å². The topological polar surface area (TPSA) is 84.4 Å². The maximum Gasteiger partial charge on any atom is 0.246 e. The summed E-state index contributed by atoms with van der Waals surface area (Å²) >= 11 is 0. The summed E-state index contributed by atoms with van der Waals surface area (Å²) < 4.78 is 31.3. The van der Waals surface area contributed by atoms with Gasteiger partial charge in [-0.1, -0.05) is 0 Å². The number of methoxy groups -OCH3 is 1. The molecule has 0 saturated carbocycles. The molecule has 1 fully saturated rings. The second-order valence-electron chi connectivity index (χ2n) is 4.28. The van der Waals surface area contributed by atoms with Gasteiger partial charge in [-0.05, 0) is 13.3 Å². The van der Waals surface area contributed by atoms with E-state index in [2.05, 4.69) is 15.3 Å². The summed E-state index contributed by atoms with van der Waals surface area (Å²) in [5.74, 6) is 0.428. The normalized spacial score (nSPS) is 20.6. The molecular formula is C11H18N4O3S. The SMILES string of the molecule is CCNc1ncc(S(=O)(=O)N2CCC(OC)C2)cn1. The number of aromatic nitrogens is 2. The third kappa shape index (κ3) is 3.02. The summed E-state index contributed by atoms with van der Waals surface area (Å²) in [6.07, 6.45) is 3.35. The van der Waals surface area contributed by atoms with Crippen molar-refractivity contribution in [3.8, 4) is 0 Å². The molecule has 0 aliphatic carbocycles. The van der Waals surface area contributed by atoms with Crippen LogP contribution in [0.3, 0.4) is 0 Å². The first-order chi connectivity index (χ1) is 9.07. The molecule has 19 heavy (non-hydrogen) atoms. The van der Waals surface area contributed by atoms with Crippen LogP contribution in [0.5, 0.6) is 0 Å². The molecule has 1 aliphatic rings. The van der Waals surface area contributed by atoms with E-state index in [1.54, 1.807) is 7.11 Å². The number of rotatable bonds is 5. The van der Waals surface area contributed by atoms with Gasteiger partial charge in [-0.25, -0.2) is 18.4 Å². The Kier molecular flexibility index (Phi) is 4.33. The Morgan fingerprint density at radius 1 is 1.47 bits per heavy atom. The lowest BCUT2D eigenvalue weighted by molar-refractivity contribution is 0.115. The highest BCUT2D eigenvalue weighted by Gasteiger charge is 2.32. The van der Waals surface area contributed by atoms with Crippen LogP contribution in [0.25, 0.3) is 0 Å². The first-order valence-corrected chi connectivity index (χ1v) is 7.60. The number of sulfonamides is 1. The summed E-state index contributed by atoms with van der Waals surface area (Å²) in [5, 5.41) is 2.92. The molecule has 1 saturated heterocycles. The lowest BCUT2D eigenvalue weighted by Gasteiger charge is -2.15. The van der Waals surface area contributed by atoms with Gasteiger partial charge in [0.25, 0.3) is 0 Å². The van der Waals surface area contributed by atoms with E-state index in [1.807, 2.05) is 6.92 Å². The van der Waals surface area contributed by atoms with Crippen LogP contribution in [-0.2, 0) is 14.8 Å². The molecule has 0 aromatic carbocycles. The van der Waals surface area contributed by atoms with Crippen LogP contribution in [0.4, 0.5) is 5.95 Å². The van der Waals surface area contributed by atoms with Crippen LogP contribution < -0.4 is 5.32 Å². The van der Waals surface area contributed by atoms with Crippen molar-refractivity contribution in [1.82, 2.24) is 14.3 Å². The van der Waals surface area contributed by atoms with Crippen molar-refractivity contribution in [3.05, 3.63) is 12.4 Å². The molecule has 0 amide bonds. The largest absolute Gasteiger partial charge is 0.380 e. The molecule has 7 nitrogen and oxygen atoms in total. The molecule has 2 heterocycles. The molecule has 106 valence electrons. The fourth-order valence-electron chi connectivity index (χ4n) is 1.96. The minimum Gasteiger partial charge on any atom is -0.380 e. The van der Waals surface area contributed by atoms with E-state index in [0.717, 1.165) is 0 Å². The molecule has 1 aliphatic heterocycles. The molecule has 2 rings (SSSR count). The summed E-state index contributed by atoms with van der Waals surface area (Å²) in [4.78, 5) is 8.09. The van der Waals surface area contributed by atoms with Crippen molar-refractivity contribution >= 4 is 16.0 Å². The van der Waals surface area contributed by atoms with E-state index in [4.69, 9.17) is 4.74 Å². The number of hydrogen-bond donors (Lipinski definition) is 1. The zero-order chi connectivity index (χ0) is 13.9. The van der Waals surface area contributed by atoms with Gasteiger partial charge in [0.15, 0.2) is 0 Å². The van der Waals surface area contributed by atoms with Crippen molar-refractivity contribution in [2.24, 2.45) is 0 Å². The van der Waals surface area contributed by atoms with Gasteiger partial charge in [0.1, 0.15) is 4.90 Å². The molecule has 1 atom stereocenters. The Morgan fingerprint density at radius 2 is 2.16 bits per heavy atom. The Bertz CT molecular complexity index is 517. The first-order valence-electron chi connectivity index (χ1n) is 6.16. The number of nitrogens with one attached hydrogen (secondary N) is 1. The maximum absolute atomic E-state index is 12.3. The molecule has 8 heteroatoms. The fourth-order valence-corrected chi connectivity index (χ4v) is 3.33. The Balaban J connectivity index is 2.15. The third-order valence-electron chi connectivity index (χ3n) is 3.04. The zero-order valence-electron chi connectivity index (χ0n) is 11.0. The van der Waals surface area contributed by atoms with Crippen molar-refractivity contribution in [2.75, 3.05) is 32.1 Å². The van der Waals surface area contributed by atoms with Gasteiger partial charge in [0.2, 0.25) is 16.0 Å². The molecule has 1 unspecified atom stereocenters. The van der Waals surface area contributed by atoms with Crippen LogP contribution in [0, 0.1) is 0 Å². The Morgan fingerprint density at radius 3 is 2.68 bits per heavy atom. The molecule has 0 radical (unpaired) electrons. The Labute approximate surface area is 113 Å². The van der Waals surface area contributed by atoms with Gasteiger partial charge in [-0.15, -0.1) is 0 Å². The van der Waals surface area contributed by atoms with Gasteiger partial charge in [-0.3, -0.25) is 0 Å². The minimum absolute atomic E-state index is 0.0308. The second kappa shape index (κ2) is 5.81. The maximum atomic E-state index is 12.3. The summed E-state index contributed by atoms with van der Waals surface area (Å²) in [6, 6.07) is 0. The van der Waals surface area contributed by atoms with Crippen molar-refractivity contribution < 1.29 is 13.2 Å². The van der Waals surface area contributed by atoms with Crippen LogP contribution in [0.15, 0.2) is 17.3 Å². The predicted octanol–water partition coefficient (Wildman–Crippen LogP) is 0.318. The lowest BCUT2D eigenvalue weighted by Crippen LogP contribution is -2.30. The lowest BCUT2D eigenvalue weighted by atomic mass is 10.3. The molecule has 0 bridgehead atoms. The number of ether oxygens (including phenoxy) is 1. The first kappa shape index (κ1) is 14.2. The van der Waals surface area contributed by atoms with Crippen LogP contribution in [0.2, 0.25) is 0 Å². The van der Waals surface area contributed by atoms with Gasteiger partial charge in [-0.2, -0.15) is 4.31 Å².